The summed E-state index contributed by atoms with van der Waals surface area (Å²) < 4.78 is 60.7. The Labute approximate surface area is 230 Å². The van der Waals surface area contributed by atoms with Gasteiger partial charge < -0.3 is 18.6 Å². The highest BCUT2D eigenvalue weighted by atomic mass is 32.2. The third-order valence-corrected chi connectivity index (χ3v) is 9.15. The second kappa shape index (κ2) is 13.8. The van der Waals surface area contributed by atoms with Crippen LogP contribution >= 0.6 is 0 Å². The van der Waals surface area contributed by atoms with Gasteiger partial charge in [-0.3, -0.25) is 9.59 Å². The average Bonchev–Trinajstić information content (AvgIpc) is 2.84. The first-order valence-corrected chi connectivity index (χ1v) is 15.6. The van der Waals surface area contributed by atoms with E-state index in [-0.39, 0.29) is 6.42 Å². The minimum atomic E-state index is -4.77. The van der Waals surface area contributed by atoms with Crippen LogP contribution in [0.4, 0.5) is 0 Å². The van der Waals surface area contributed by atoms with E-state index in [2.05, 4.69) is 6.92 Å². The molecule has 0 amide bonds. The molecule has 0 saturated carbocycles. The number of aromatic hydroxyl groups is 2. The molecule has 1 atom stereocenters. The van der Waals surface area contributed by atoms with Crippen molar-refractivity contribution in [1.82, 2.24) is 0 Å². The van der Waals surface area contributed by atoms with Crippen molar-refractivity contribution in [1.29, 1.82) is 0 Å². The van der Waals surface area contributed by atoms with E-state index in [9.17, 15) is 36.6 Å². The molecule has 0 aliphatic carbocycles. The Morgan fingerprint density at radius 2 is 1.23 bits per heavy atom. The molecule has 2 aromatic carbocycles. The predicted octanol–water partition coefficient (Wildman–Crippen LogP) is 5.04. The summed E-state index contributed by atoms with van der Waals surface area (Å²) in [6, 6.07) is 9.81. The van der Waals surface area contributed by atoms with Crippen LogP contribution in [0.5, 0.6) is 11.5 Å². The predicted molar refractivity (Wildman–Crippen MR) is 143 cm³/mol. The van der Waals surface area contributed by atoms with E-state index < -0.39 is 71.2 Å². The van der Waals surface area contributed by atoms with Crippen molar-refractivity contribution in [2.45, 2.75) is 81.9 Å². The summed E-state index contributed by atoms with van der Waals surface area (Å²) in [7, 11) is -9.51. The molecule has 0 spiro atoms. The van der Waals surface area contributed by atoms with Crippen molar-refractivity contribution < 1.29 is 45.0 Å². The lowest BCUT2D eigenvalue weighted by Gasteiger charge is -2.34. The molecule has 10 nitrogen and oxygen atoms in total. The number of benzene rings is 2. The van der Waals surface area contributed by atoms with Crippen LogP contribution in [0, 0.1) is 11.3 Å². The van der Waals surface area contributed by atoms with Gasteiger partial charge in [-0.1, -0.05) is 83.6 Å². The molecule has 2 aromatic rings. The fraction of sp³-hybridized carbons (Fsp3) is 0.481. The van der Waals surface area contributed by atoms with E-state index >= 15 is 0 Å². The van der Waals surface area contributed by atoms with Crippen LogP contribution in [-0.2, 0) is 38.2 Å². The zero-order valence-electron chi connectivity index (χ0n) is 22.3. The number of rotatable bonds is 15. The van der Waals surface area contributed by atoms with Gasteiger partial charge in [0.1, 0.15) is 21.3 Å². The lowest BCUT2D eigenvalue weighted by Crippen LogP contribution is -2.41. The molecule has 39 heavy (non-hydrogen) atoms. The van der Waals surface area contributed by atoms with Crippen LogP contribution in [-0.4, -0.2) is 39.0 Å². The normalized spacial score (nSPS) is 13.5. The van der Waals surface area contributed by atoms with Gasteiger partial charge in [0.25, 0.3) is 0 Å². The molecule has 2 rings (SSSR count). The van der Waals surface area contributed by atoms with E-state index in [1.165, 1.54) is 24.3 Å². The number of para-hydroxylation sites is 2. The van der Waals surface area contributed by atoms with Crippen molar-refractivity contribution in [3.63, 3.8) is 0 Å². The zero-order chi connectivity index (χ0) is 29.3. The van der Waals surface area contributed by atoms with Crippen molar-refractivity contribution in [3.8, 4) is 11.5 Å². The van der Waals surface area contributed by atoms with E-state index in [4.69, 9.17) is 8.37 Å². The number of carbonyl (C=O) groups excluding carboxylic acids is 2. The number of unbranched alkanes of at least 4 members (excludes halogenated alkanes) is 5. The van der Waals surface area contributed by atoms with E-state index in [0.717, 1.165) is 49.9 Å². The summed E-state index contributed by atoms with van der Waals surface area (Å²) in [5.41, 5.74) is -1.76. The third-order valence-electron chi connectivity index (χ3n) is 6.61. The second-order valence-corrected chi connectivity index (χ2v) is 12.7. The molecule has 0 aliphatic rings. The van der Waals surface area contributed by atoms with E-state index in [1.54, 1.807) is 13.8 Å². The zero-order valence-corrected chi connectivity index (χ0v) is 24.0. The summed E-state index contributed by atoms with van der Waals surface area (Å²) >= 11 is 0. The van der Waals surface area contributed by atoms with Gasteiger partial charge >= 0.3 is 32.2 Å². The molecule has 0 radical (unpaired) electrons. The maximum absolute atomic E-state index is 13.5. The number of phenols is 2. The number of hydrogen-bond donors (Lipinski definition) is 2. The van der Waals surface area contributed by atoms with Crippen LogP contribution in [0.15, 0.2) is 58.3 Å². The Morgan fingerprint density at radius 1 is 0.769 bits per heavy atom. The van der Waals surface area contributed by atoms with Gasteiger partial charge in [0.15, 0.2) is 0 Å². The summed E-state index contributed by atoms with van der Waals surface area (Å²) in [4.78, 5) is 25.2. The van der Waals surface area contributed by atoms with E-state index in [1.807, 2.05) is 0 Å². The minimum Gasteiger partial charge on any atom is -0.506 e. The monoisotopic (exact) mass is 584 g/mol. The van der Waals surface area contributed by atoms with Crippen molar-refractivity contribution in [3.05, 3.63) is 48.5 Å². The summed E-state index contributed by atoms with van der Waals surface area (Å²) in [6.45, 7) is 5.26. The largest absolute Gasteiger partial charge is 0.506 e. The van der Waals surface area contributed by atoms with Crippen molar-refractivity contribution in [2.24, 2.45) is 11.3 Å². The molecule has 216 valence electrons. The molecule has 0 bridgehead atoms. The first-order valence-electron chi connectivity index (χ1n) is 12.8. The van der Waals surface area contributed by atoms with Gasteiger partial charge in [0.2, 0.25) is 0 Å². The van der Waals surface area contributed by atoms with Gasteiger partial charge in [-0.15, -0.1) is 0 Å². The van der Waals surface area contributed by atoms with Gasteiger partial charge in [0.05, 0.1) is 11.8 Å². The molecule has 1 unspecified atom stereocenters. The molecule has 0 fully saturated rings. The SMILES string of the molecule is CCCCCCCCC(CC(=O)OS(=O)(=O)c1ccccc1O)(C(=O)OS(=O)(=O)c1ccccc1O)C(C)C. The lowest BCUT2D eigenvalue weighted by atomic mass is 9.71. The highest BCUT2D eigenvalue weighted by molar-refractivity contribution is 7.87. The minimum absolute atomic E-state index is 0.0254. The van der Waals surface area contributed by atoms with Crippen molar-refractivity contribution in [2.75, 3.05) is 0 Å². The van der Waals surface area contributed by atoms with Gasteiger partial charge in [-0.25, -0.2) is 0 Å². The summed E-state index contributed by atoms with van der Waals surface area (Å²) in [5.74, 6) is -4.48. The molecule has 0 aromatic heterocycles. The van der Waals surface area contributed by atoms with Crippen LogP contribution in [0.2, 0.25) is 0 Å². The molecule has 0 heterocycles. The fourth-order valence-electron chi connectivity index (χ4n) is 4.23. The molecule has 2 N–H and O–H groups in total. The van der Waals surface area contributed by atoms with Crippen LogP contribution in [0.3, 0.4) is 0 Å². The fourth-order valence-corrected chi connectivity index (χ4v) is 6.22. The number of hydrogen-bond acceptors (Lipinski definition) is 10. The molecule has 0 aliphatic heterocycles. The Hall–Kier alpha value is -3.12. The first-order chi connectivity index (χ1) is 18.3. The van der Waals surface area contributed by atoms with Gasteiger partial charge in [-0.05, 0) is 36.6 Å². The highest BCUT2D eigenvalue weighted by Crippen LogP contribution is 2.41. The first kappa shape index (κ1) is 32.1. The molecule has 0 saturated heterocycles. The van der Waals surface area contributed by atoms with Crippen molar-refractivity contribution >= 4 is 32.2 Å². The van der Waals surface area contributed by atoms with Crippen LogP contribution in [0.1, 0.15) is 72.1 Å². The lowest BCUT2D eigenvalue weighted by molar-refractivity contribution is -0.155. The number of phenolic OH excluding ortho intramolecular Hbond substituents is 2. The summed E-state index contributed by atoms with van der Waals surface area (Å²) in [5, 5.41) is 19.9. The smallest absolute Gasteiger partial charge is 0.345 e. The Bertz CT molecular complexity index is 1350. The molecular formula is C27H36O10S2. The van der Waals surface area contributed by atoms with Crippen LogP contribution < -0.4 is 0 Å². The van der Waals surface area contributed by atoms with Crippen LogP contribution in [0.25, 0.3) is 0 Å². The molecular weight excluding hydrogens is 548 g/mol. The Morgan fingerprint density at radius 3 is 1.72 bits per heavy atom. The Kier molecular flexibility index (Phi) is 11.3. The maximum atomic E-state index is 13.5. The average molecular weight is 585 g/mol. The number of carbonyl (C=O) groups is 2. The quantitative estimate of drug-likeness (QED) is 0.214. The van der Waals surface area contributed by atoms with Gasteiger partial charge in [0, 0.05) is 0 Å². The second-order valence-electron chi connectivity index (χ2n) is 9.68. The topological polar surface area (TPSA) is 161 Å². The van der Waals surface area contributed by atoms with E-state index in [0.29, 0.717) is 12.8 Å². The molecule has 12 heteroatoms. The summed E-state index contributed by atoms with van der Waals surface area (Å²) in [6.07, 6.45) is 4.26. The Balaban J connectivity index is 2.37. The standard InChI is InChI=1S/C27H36O10S2/c1-4-5-6-7-8-13-18-27(20(2)3,26(31)37-39(34,35)24-17-12-10-15-22(24)29)19-25(30)36-38(32,33)23-16-11-9-14-21(23)28/h9-12,14-17,20,28-29H,4-8,13,18-19H2,1-3H3. The maximum Gasteiger partial charge on any atom is 0.345 e. The highest BCUT2D eigenvalue weighted by Gasteiger charge is 2.47. The third kappa shape index (κ3) is 8.43. The van der Waals surface area contributed by atoms with Gasteiger partial charge in [-0.2, -0.15) is 16.8 Å².